The van der Waals surface area contributed by atoms with Crippen LogP contribution in [0.3, 0.4) is 0 Å². The molecule has 3 rings (SSSR count). The van der Waals surface area contributed by atoms with E-state index in [1.807, 2.05) is 0 Å². The fraction of sp³-hybridized carbons (Fsp3) is 1.00. The summed E-state index contributed by atoms with van der Waals surface area (Å²) >= 11 is 0. The molecule has 2 aliphatic carbocycles. The third kappa shape index (κ3) is 4.10. The SMILES string of the molecule is CC1(C)CC(OC2CC(CC3O[C@H](CO)[C@H](O)[C@H](O)[C@H]3O)C(C)(C)C2)C1. The Morgan fingerprint density at radius 3 is 2.08 bits per heavy atom. The molecule has 0 spiro atoms. The number of ether oxygens (including phenoxy) is 2. The van der Waals surface area contributed by atoms with Crippen LogP contribution in [0.5, 0.6) is 0 Å². The lowest BCUT2D eigenvalue weighted by Crippen LogP contribution is -2.58. The van der Waals surface area contributed by atoms with Gasteiger partial charge in [0.25, 0.3) is 0 Å². The Morgan fingerprint density at radius 1 is 0.885 bits per heavy atom. The first kappa shape index (κ1) is 20.5. The highest BCUT2D eigenvalue weighted by atomic mass is 16.5. The maximum Gasteiger partial charge on any atom is 0.111 e. The van der Waals surface area contributed by atoms with Crippen LogP contribution in [-0.4, -0.2) is 69.8 Å². The number of aliphatic hydroxyl groups excluding tert-OH is 4. The van der Waals surface area contributed by atoms with Gasteiger partial charge in [0.2, 0.25) is 0 Å². The fourth-order valence-corrected chi connectivity index (χ4v) is 5.19. The summed E-state index contributed by atoms with van der Waals surface area (Å²) in [4.78, 5) is 0. The molecule has 0 bridgehead atoms. The summed E-state index contributed by atoms with van der Waals surface area (Å²) in [6.07, 6.45) is 0.149. The Bertz CT molecular complexity index is 483. The van der Waals surface area contributed by atoms with Gasteiger partial charge in [0, 0.05) is 0 Å². The van der Waals surface area contributed by atoms with Gasteiger partial charge in [-0.25, -0.2) is 0 Å². The van der Waals surface area contributed by atoms with E-state index in [1.165, 1.54) is 0 Å². The van der Waals surface area contributed by atoms with Crippen LogP contribution in [0.4, 0.5) is 0 Å². The maximum absolute atomic E-state index is 10.3. The van der Waals surface area contributed by atoms with Crippen molar-refractivity contribution < 1.29 is 29.9 Å². The van der Waals surface area contributed by atoms with Crippen LogP contribution in [0.1, 0.15) is 59.8 Å². The molecule has 1 saturated heterocycles. The smallest absolute Gasteiger partial charge is 0.111 e. The molecule has 0 aromatic carbocycles. The first-order valence-electron chi connectivity index (χ1n) is 9.98. The number of hydrogen-bond acceptors (Lipinski definition) is 6. The van der Waals surface area contributed by atoms with Crippen LogP contribution < -0.4 is 0 Å². The monoisotopic (exact) mass is 372 g/mol. The van der Waals surface area contributed by atoms with Crippen molar-refractivity contribution in [1.29, 1.82) is 0 Å². The van der Waals surface area contributed by atoms with Gasteiger partial charge >= 0.3 is 0 Å². The minimum atomic E-state index is -1.29. The molecule has 2 saturated carbocycles. The third-order valence-electron chi connectivity index (χ3n) is 6.86. The molecular weight excluding hydrogens is 336 g/mol. The molecule has 0 aromatic heterocycles. The lowest BCUT2D eigenvalue weighted by Gasteiger charge is -2.43. The summed E-state index contributed by atoms with van der Waals surface area (Å²) in [5.74, 6) is 0.294. The fourth-order valence-electron chi connectivity index (χ4n) is 5.19. The van der Waals surface area contributed by atoms with Crippen molar-refractivity contribution in [3.8, 4) is 0 Å². The zero-order chi connectivity index (χ0) is 19.3. The van der Waals surface area contributed by atoms with Crippen molar-refractivity contribution in [1.82, 2.24) is 0 Å². The summed E-state index contributed by atoms with van der Waals surface area (Å²) < 4.78 is 12.0. The molecule has 3 fully saturated rings. The standard InChI is InChI=1S/C20H36O6/c1-19(2)7-13(8-19)25-12-5-11(20(3,4)9-12)6-14-16(22)18(24)17(23)15(10-21)26-14/h11-18,21-24H,5-10H2,1-4H3/t11?,12?,14?,15-,16+,17+,18-/m1/s1. The van der Waals surface area contributed by atoms with E-state index in [1.54, 1.807) is 0 Å². The quantitative estimate of drug-likeness (QED) is 0.579. The molecular formula is C20H36O6. The highest BCUT2D eigenvalue weighted by Gasteiger charge is 2.49. The average molecular weight is 373 g/mol. The van der Waals surface area contributed by atoms with Crippen molar-refractivity contribution in [2.24, 2.45) is 16.7 Å². The zero-order valence-corrected chi connectivity index (χ0v) is 16.5. The van der Waals surface area contributed by atoms with Crippen LogP contribution in [-0.2, 0) is 9.47 Å². The van der Waals surface area contributed by atoms with Gasteiger partial charge in [-0.1, -0.05) is 27.7 Å². The van der Waals surface area contributed by atoms with E-state index < -0.39 is 30.5 Å². The van der Waals surface area contributed by atoms with Crippen LogP contribution in [0, 0.1) is 16.7 Å². The Kier molecular flexibility index (Phi) is 5.75. The topological polar surface area (TPSA) is 99.4 Å². The molecule has 0 aromatic rings. The van der Waals surface area contributed by atoms with Gasteiger partial charge in [-0.05, 0) is 48.9 Å². The van der Waals surface area contributed by atoms with E-state index in [4.69, 9.17) is 9.47 Å². The van der Waals surface area contributed by atoms with Crippen molar-refractivity contribution >= 4 is 0 Å². The lowest BCUT2D eigenvalue weighted by molar-refractivity contribution is -0.233. The van der Waals surface area contributed by atoms with Gasteiger partial charge in [0.1, 0.15) is 24.4 Å². The number of aliphatic hydroxyl groups is 4. The van der Waals surface area contributed by atoms with Crippen molar-refractivity contribution in [3.05, 3.63) is 0 Å². The van der Waals surface area contributed by atoms with Crippen molar-refractivity contribution in [2.45, 2.75) is 103 Å². The van der Waals surface area contributed by atoms with Gasteiger partial charge in [0.05, 0.1) is 24.9 Å². The molecule has 6 heteroatoms. The summed E-state index contributed by atoms with van der Waals surface area (Å²) in [6, 6.07) is 0. The predicted octanol–water partition coefficient (Wildman–Crippen LogP) is 1.23. The van der Waals surface area contributed by atoms with Gasteiger partial charge in [-0.2, -0.15) is 0 Å². The highest BCUT2D eigenvalue weighted by molar-refractivity contribution is 4.98. The molecule has 0 radical (unpaired) electrons. The second-order valence-corrected chi connectivity index (χ2v) is 10.2. The zero-order valence-electron chi connectivity index (χ0n) is 16.5. The Balaban J connectivity index is 1.58. The van der Waals surface area contributed by atoms with Crippen LogP contribution in [0.2, 0.25) is 0 Å². The van der Waals surface area contributed by atoms with E-state index in [0.29, 0.717) is 23.9 Å². The number of rotatable bonds is 5. The first-order chi connectivity index (χ1) is 12.0. The highest BCUT2D eigenvalue weighted by Crippen LogP contribution is 2.50. The molecule has 3 aliphatic rings. The minimum Gasteiger partial charge on any atom is -0.394 e. The molecule has 152 valence electrons. The average Bonchev–Trinajstić information content (AvgIpc) is 2.79. The molecule has 26 heavy (non-hydrogen) atoms. The van der Waals surface area contributed by atoms with Crippen LogP contribution >= 0.6 is 0 Å². The van der Waals surface area contributed by atoms with Gasteiger partial charge in [-0.15, -0.1) is 0 Å². The Hall–Kier alpha value is -0.240. The van der Waals surface area contributed by atoms with E-state index in [-0.39, 0.29) is 18.1 Å². The molecule has 0 amide bonds. The summed E-state index contributed by atoms with van der Waals surface area (Å²) in [5, 5.41) is 39.6. The lowest BCUT2D eigenvalue weighted by atomic mass is 9.70. The molecule has 1 aliphatic heterocycles. The van der Waals surface area contributed by atoms with Crippen LogP contribution in [0.25, 0.3) is 0 Å². The molecule has 1 heterocycles. The molecule has 7 atom stereocenters. The van der Waals surface area contributed by atoms with Crippen molar-refractivity contribution in [2.75, 3.05) is 6.61 Å². The Morgan fingerprint density at radius 2 is 1.50 bits per heavy atom. The van der Waals surface area contributed by atoms with E-state index in [9.17, 15) is 20.4 Å². The summed E-state index contributed by atoms with van der Waals surface area (Å²) in [5.41, 5.74) is 0.456. The number of hydrogen-bond donors (Lipinski definition) is 4. The van der Waals surface area contributed by atoms with E-state index in [2.05, 4.69) is 27.7 Å². The summed E-state index contributed by atoms with van der Waals surface area (Å²) in [6.45, 7) is 8.60. The third-order valence-corrected chi connectivity index (χ3v) is 6.86. The largest absolute Gasteiger partial charge is 0.394 e. The van der Waals surface area contributed by atoms with E-state index in [0.717, 1.165) is 25.7 Å². The van der Waals surface area contributed by atoms with Gasteiger partial charge in [-0.3, -0.25) is 0 Å². The Labute approximate surface area is 156 Å². The van der Waals surface area contributed by atoms with Gasteiger partial charge < -0.3 is 29.9 Å². The molecule has 6 nitrogen and oxygen atoms in total. The van der Waals surface area contributed by atoms with E-state index >= 15 is 0 Å². The second-order valence-electron chi connectivity index (χ2n) is 10.2. The first-order valence-corrected chi connectivity index (χ1v) is 9.98. The molecule has 3 unspecified atom stereocenters. The normalized spacial score (nSPS) is 45.5. The minimum absolute atomic E-state index is 0.0583. The van der Waals surface area contributed by atoms with Crippen molar-refractivity contribution in [3.63, 3.8) is 0 Å². The predicted molar refractivity (Wildman–Crippen MR) is 96.6 cm³/mol. The summed E-state index contributed by atoms with van der Waals surface area (Å²) in [7, 11) is 0. The van der Waals surface area contributed by atoms with Gasteiger partial charge in [0.15, 0.2) is 0 Å². The maximum atomic E-state index is 10.3. The van der Waals surface area contributed by atoms with Crippen LogP contribution in [0.15, 0.2) is 0 Å². The molecule has 4 N–H and O–H groups in total. The second kappa shape index (κ2) is 7.30.